The van der Waals surface area contributed by atoms with Crippen LogP contribution in [0.5, 0.6) is 0 Å². The number of nitrogens with one attached hydrogen (secondary N) is 1. The molecule has 0 aliphatic carbocycles. The molecule has 0 amide bonds. The highest BCUT2D eigenvalue weighted by Gasteiger charge is 2.28. The average Bonchev–Trinajstić information content (AvgIpc) is 2.82. The fourth-order valence-corrected chi connectivity index (χ4v) is 3.84. The largest absolute Gasteiger partial charge is 0.293 e. The molecule has 0 saturated heterocycles. The maximum absolute atomic E-state index is 12.8. The second-order valence-corrected chi connectivity index (χ2v) is 9.76. The Bertz CT molecular complexity index is 951. The fraction of sp³-hybridized carbons (Fsp3) is 0.529. The first-order chi connectivity index (χ1) is 11.5. The quantitative estimate of drug-likeness (QED) is 0.893. The number of aromatic nitrogens is 3. The summed E-state index contributed by atoms with van der Waals surface area (Å²) < 4.78 is 26.3. The summed E-state index contributed by atoms with van der Waals surface area (Å²) >= 11 is 0. The van der Waals surface area contributed by atoms with E-state index in [0.717, 1.165) is 17.8 Å². The maximum atomic E-state index is 12.8. The van der Waals surface area contributed by atoms with Crippen LogP contribution in [0.3, 0.4) is 0 Å². The summed E-state index contributed by atoms with van der Waals surface area (Å²) in [5.74, 6) is 0.534. The topological polar surface area (TPSA) is 88.1 Å². The molecule has 0 atom stereocenters. The van der Waals surface area contributed by atoms with E-state index in [0.29, 0.717) is 24.3 Å². The lowest BCUT2D eigenvalue weighted by Crippen LogP contribution is -2.36. The van der Waals surface area contributed by atoms with Crippen LogP contribution in [0.2, 0.25) is 0 Å². The van der Waals surface area contributed by atoms with Gasteiger partial charge in [-0.05, 0) is 24.0 Å². The molecule has 1 N–H and O–H groups in total. The van der Waals surface area contributed by atoms with Crippen LogP contribution >= 0.6 is 0 Å². The van der Waals surface area contributed by atoms with E-state index < -0.39 is 10.0 Å². The van der Waals surface area contributed by atoms with Gasteiger partial charge in [0.2, 0.25) is 10.0 Å². The molecule has 0 fully saturated rings. The van der Waals surface area contributed by atoms with Crippen LogP contribution in [0.4, 0.5) is 0 Å². The highest BCUT2D eigenvalue weighted by molar-refractivity contribution is 7.88. The second-order valence-electron chi connectivity index (χ2n) is 7.78. The van der Waals surface area contributed by atoms with E-state index in [1.165, 1.54) is 15.2 Å². The molecule has 25 heavy (non-hydrogen) atoms. The maximum Gasteiger partial charge on any atom is 0.277 e. The van der Waals surface area contributed by atoms with Crippen LogP contribution in [0.25, 0.3) is 5.82 Å². The Hall–Kier alpha value is -1.93. The van der Waals surface area contributed by atoms with Crippen LogP contribution < -0.4 is 5.56 Å². The molecule has 1 aliphatic heterocycles. The lowest BCUT2D eigenvalue weighted by Gasteiger charge is -2.23. The van der Waals surface area contributed by atoms with Gasteiger partial charge in [0.15, 0.2) is 5.82 Å². The Kier molecular flexibility index (Phi) is 4.36. The van der Waals surface area contributed by atoms with Crippen LogP contribution in [0.15, 0.2) is 23.0 Å². The van der Waals surface area contributed by atoms with Crippen molar-refractivity contribution < 1.29 is 8.42 Å². The predicted octanol–water partition coefficient (Wildman–Crippen LogP) is 1.47. The number of hydrogen-bond acceptors (Lipinski definition) is 4. The molecule has 7 nitrogen and oxygen atoms in total. The van der Waals surface area contributed by atoms with Crippen molar-refractivity contribution in [2.75, 3.05) is 12.8 Å². The van der Waals surface area contributed by atoms with Gasteiger partial charge in [-0.15, -0.1) is 0 Å². The number of H-pyrrole nitrogens is 1. The molecule has 0 unspecified atom stereocenters. The Labute approximate surface area is 147 Å². The normalized spacial score (nSPS) is 16.0. The Morgan fingerprint density at radius 3 is 2.64 bits per heavy atom. The standard InChI is InChI=1S/C17H24N4O3S/c1-17(2,3)10-12-6-5-7-15(18-12)21-16(22)13-11-20(25(4,23)24)9-8-14(13)19-21/h5-7,19H,8-11H2,1-4H3. The summed E-state index contributed by atoms with van der Waals surface area (Å²) in [6.07, 6.45) is 2.46. The number of pyridine rings is 1. The van der Waals surface area contributed by atoms with Gasteiger partial charge < -0.3 is 0 Å². The van der Waals surface area contributed by atoms with Crippen LogP contribution in [0.1, 0.15) is 37.7 Å². The van der Waals surface area contributed by atoms with E-state index >= 15 is 0 Å². The van der Waals surface area contributed by atoms with Gasteiger partial charge in [0.05, 0.1) is 11.8 Å². The van der Waals surface area contributed by atoms with Gasteiger partial charge in [-0.2, -0.15) is 4.31 Å². The zero-order chi connectivity index (χ0) is 18.4. The predicted molar refractivity (Wildman–Crippen MR) is 96.3 cm³/mol. The summed E-state index contributed by atoms with van der Waals surface area (Å²) in [4.78, 5) is 17.4. The molecule has 2 aromatic rings. The van der Waals surface area contributed by atoms with Crippen LogP contribution in [-0.2, 0) is 29.4 Å². The summed E-state index contributed by atoms with van der Waals surface area (Å²) in [7, 11) is -3.31. The molecular weight excluding hydrogens is 340 g/mol. The molecule has 3 rings (SSSR count). The van der Waals surface area contributed by atoms with Crippen molar-refractivity contribution in [3.05, 3.63) is 45.5 Å². The zero-order valence-electron chi connectivity index (χ0n) is 15.0. The van der Waals surface area contributed by atoms with Gasteiger partial charge >= 0.3 is 0 Å². The van der Waals surface area contributed by atoms with Gasteiger partial charge in [0.1, 0.15) is 0 Å². The van der Waals surface area contributed by atoms with E-state index in [-0.39, 0.29) is 17.5 Å². The summed E-state index contributed by atoms with van der Waals surface area (Å²) in [6, 6.07) is 5.62. The average molecular weight is 364 g/mol. The first kappa shape index (κ1) is 17.9. The van der Waals surface area contributed by atoms with Crippen molar-refractivity contribution in [3.63, 3.8) is 0 Å². The number of rotatable bonds is 3. The van der Waals surface area contributed by atoms with Gasteiger partial charge in [-0.1, -0.05) is 26.8 Å². The molecule has 0 aromatic carbocycles. The van der Waals surface area contributed by atoms with E-state index in [9.17, 15) is 13.2 Å². The lowest BCUT2D eigenvalue weighted by molar-refractivity contribution is 0.392. The number of nitrogens with zero attached hydrogens (tertiary/aromatic N) is 3. The van der Waals surface area contributed by atoms with E-state index in [1.54, 1.807) is 6.07 Å². The molecule has 3 heterocycles. The van der Waals surface area contributed by atoms with Crippen molar-refractivity contribution in [1.29, 1.82) is 0 Å². The third-order valence-electron chi connectivity index (χ3n) is 4.22. The number of fused-ring (bicyclic) bond motifs is 1. The summed E-state index contributed by atoms with van der Waals surface area (Å²) in [5, 5.41) is 3.10. The third kappa shape index (κ3) is 3.85. The van der Waals surface area contributed by atoms with E-state index in [1.807, 2.05) is 12.1 Å². The first-order valence-corrected chi connectivity index (χ1v) is 10.1. The monoisotopic (exact) mass is 364 g/mol. The van der Waals surface area contributed by atoms with Gasteiger partial charge in [0, 0.05) is 30.9 Å². The van der Waals surface area contributed by atoms with Gasteiger partial charge in [-0.3, -0.25) is 9.89 Å². The molecule has 136 valence electrons. The minimum absolute atomic E-state index is 0.0988. The summed E-state index contributed by atoms with van der Waals surface area (Å²) in [6.45, 7) is 6.91. The zero-order valence-corrected chi connectivity index (χ0v) is 15.9. The molecule has 0 bridgehead atoms. The smallest absolute Gasteiger partial charge is 0.277 e. The van der Waals surface area contributed by atoms with E-state index in [2.05, 4.69) is 30.9 Å². The van der Waals surface area contributed by atoms with Gasteiger partial charge in [-0.25, -0.2) is 18.1 Å². The van der Waals surface area contributed by atoms with Crippen molar-refractivity contribution >= 4 is 10.0 Å². The molecule has 8 heteroatoms. The Morgan fingerprint density at radius 1 is 1.28 bits per heavy atom. The van der Waals surface area contributed by atoms with Gasteiger partial charge in [0.25, 0.3) is 5.56 Å². The molecule has 0 saturated carbocycles. The highest BCUT2D eigenvalue weighted by Crippen LogP contribution is 2.21. The lowest BCUT2D eigenvalue weighted by atomic mass is 9.90. The van der Waals surface area contributed by atoms with Crippen molar-refractivity contribution in [2.45, 2.75) is 40.2 Å². The van der Waals surface area contributed by atoms with Crippen molar-refractivity contribution in [2.24, 2.45) is 5.41 Å². The fourth-order valence-electron chi connectivity index (χ4n) is 3.06. The molecular formula is C17H24N4O3S. The number of sulfonamides is 1. The van der Waals surface area contributed by atoms with Crippen LogP contribution in [0, 0.1) is 5.41 Å². The van der Waals surface area contributed by atoms with Crippen molar-refractivity contribution in [3.8, 4) is 5.82 Å². The number of aromatic amines is 1. The minimum Gasteiger partial charge on any atom is -0.293 e. The van der Waals surface area contributed by atoms with Crippen molar-refractivity contribution in [1.82, 2.24) is 19.1 Å². The Morgan fingerprint density at radius 2 is 2.00 bits per heavy atom. The SMILES string of the molecule is CC(C)(C)Cc1cccc(-n2[nH]c3c(c2=O)CN(S(C)(=O)=O)CC3)n1. The molecule has 0 spiro atoms. The first-order valence-electron chi connectivity index (χ1n) is 8.29. The van der Waals surface area contributed by atoms with Crippen LogP contribution in [-0.4, -0.2) is 40.3 Å². The molecule has 0 radical (unpaired) electrons. The molecule has 1 aliphatic rings. The second kappa shape index (κ2) is 6.10. The Balaban J connectivity index is 1.97. The minimum atomic E-state index is -3.31. The highest BCUT2D eigenvalue weighted by atomic mass is 32.2. The molecule has 2 aromatic heterocycles. The van der Waals surface area contributed by atoms with E-state index in [4.69, 9.17) is 0 Å². The number of hydrogen-bond donors (Lipinski definition) is 1. The third-order valence-corrected chi connectivity index (χ3v) is 5.47. The summed E-state index contributed by atoms with van der Waals surface area (Å²) in [5.41, 5.74) is 2.07.